The molecule has 3 nitrogen and oxygen atoms in total. The normalized spacial score (nSPS) is 11.3. The molecular formula is C13H20N2O. The molecule has 0 saturated heterocycles. The molecule has 1 aromatic rings. The average Bonchev–Trinajstić information content (AvgIpc) is 2.28. The van der Waals surface area contributed by atoms with E-state index in [1.807, 2.05) is 24.3 Å². The van der Waals surface area contributed by atoms with Gasteiger partial charge in [-0.05, 0) is 17.7 Å². The second-order valence-electron chi connectivity index (χ2n) is 4.86. The smallest absolute Gasteiger partial charge is 0.253 e. The lowest BCUT2D eigenvalue weighted by Gasteiger charge is -2.23. The second kappa shape index (κ2) is 4.66. The first-order valence-corrected chi connectivity index (χ1v) is 5.41. The number of carbonyl (C=O) groups excluding carboxylic acids is 1. The molecule has 1 aromatic carbocycles. The molecule has 0 spiro atoms. The van der Waals surface area contributed by atoms with E-state index in [1.54, 1.807) is 19.0 Å². The Hall–Kier alpha value is -1.35. The maximum Gasteiger partial charge on any atom is 0.253 e. The van der Waals surface area contributed by atoms with Gasteiger partial charge in [0.05, 0.1) is 0 Å². The molecule has 0 aliphatic carbocycles. The number of nitrogens with zero attached hydrogens (tertiary/aromatic N) is 1. The standard InChI is InChI=1S/C13H20N2O/c1-13(2,9-14)11-7-5-10(6-8-11)12(16)15(3)4/h5-8H,9,14H2,1-4H3. The van der Waals surface area contributed by atoms with Gasteiger partial charge in [-0.25, -0.2) is 0 Å². The van der Waals surface area contributed by atoms with E-state index in [-0.39, 0.29) is 11.3 Å². The first-order valence-electron chi connectivity index (χ1n) is 5.41. The van der Waals surface area contributed by atoms with Crippen molar-refractivity contribution in [2.75, 3.05) is 20.6 Å². The molecule has 0 saturated carbocycles. The SMILES string of the molecule is CN(C)C(=O)c1ccc(C(C)(C)CN)cc1. The van der Waals surface area contributed by atoms with Crippen LogP contribution in [0.3, 0.4) is 0 Å². The van der Waals surface area contributed by atoms with Crippen LogP contribution in [0.15, 0.2) is 24.3 Å². The molecule has 16 heavy (non-hydrogen) atoms. The van der Waals surface area contributed by atoms with E-state index in [1.165, 1.54) is 0 Å². The van der Waals surface area contributed by atoms with Crippen LogP contribution in [0.1, 0.15) is 29.8 Å². The maximum atomic E-state index is 11.7. The van der Waals surface area contributed by atoms with Gasteiger partial charge in [0.15, 0.2) is 0 Å². The Bertz CT molecular complexity index is 366. The number of hydrogen-bond donors (Lipinski definition) is 1. The van der Waals surface area contributed by atoms with Crippen molar-refractivity contribution in [1.29, 1.82) is 0 Å². The van der Waals surface area contributed by atoms with Crippen molar-refractivity contribution in [3.63, 3.8) is 0 Å². The lowest BCUT2D eigenvalue weighted by Crippen LogP contribution is -2.28. The number of rotatable bonds is 3. The molecule has 0 aliphatic heterocycles. The van der Waals surface area contributed by atoms with Gasteiger partial charge < -0.3 is 10.6 Å². The van der Waals surface area contributed by atoms with E-state index < -0.39 is 0 Å². The zero-order chi connectivity index (χ0) is 12.3. The number of hydrogen-bond acceptors (Lipinski definition) is 2. The van der Waals surface area contributed by atoms with E-state index in [0.717, 1.165) is 5.56 Å². The molecule has 88 valence electrons. The van der Waals surface area contributed by atoms with Crippen LogP contribution in [0, 0.1) is 0 Å². The quantitative estimate of drug-likeness (QED) is 0.841. The molecule has 1 rings (SSSR count). The van der Waals surface area contributed by atoms with Gasteiger partial charge in [-0.3, -0.25) is 4.79 Å². The van der Waals surface area contributed by atoms with Crippen LogP contribution in [-0.4, -0.2) is 31.4 Å². The van der Waals surface area contributed by atoms with Crippen LogP contribution < -0.4 is 5.73 Å². The predicted molar refractivity (Wildman–Crippen MR) is 66.5 cm³/mol. The fraction of sp³-hybridized carbons (Fsp3) is 0.462. The van der Waals surface area contributed by atoms with E-state index in [2.05, 4.69) is 13.8 Å². The summed E-state index contributed by atoms with van der Waals surface area (Å²) in [5.41, 5.74) is 7.53. The zero-order valence-electron chi connectivity index (χ0n) is 10.4. The monoisotopic (exact) mass is 220 g/mol. The summed E-state index contributed by atoms with van der Waals surface area (Å²) < 4.78 is 0. The molecule has 0 radical (unpaired) electrons. The molecule has 0 bridgehead atoms. The number of amides is 1. The molecule has 3 heteroatoms. The average molecular weight is 220 g/mol. The highest BCUT2D eigenvalue weighted by molar-refractivity contribution is 5.93. The fourth-order valence-electron chi connectivity index (χ4n) is 1.44. The summed E-state index contributed by atoms with van der Waals surface area (Å²) in [5.74, 6) is 0.0251. The minimum Gasteiger partial charge on any atom is -0.345 e. The molecule has 0 aliphatic rings. The Balaban J connectivity index is 2.96. The van der Waals surface area contributed by atoms with Gasteiger partial charge in [0, 0.05) is 31.6 Å². The van der Waals surface area contributed by atoms with Gasteiger partial charge >= 0.3 is 0 Å². The number of benzene rings is 1. The first kappa shape index (κ1) is 12.7. The molecule has 0 heterocycles. The third kappa shape index (κ3) is 2.61. The van der Waals surface area contributed by atoms with Crippen molar-refractivity contribution in [2.45, 2.75) is 19.3 Å². The molecule has 2 N–H and O–H groups in total. The van der Waals surface area contributed by atoms with Crippen molar-refractivity contribution in [2.24, 2.45) is 5.73 Å². The second-order valence-corrected chi connectivity index (χ2v) is 4.86. The van der Waals surface area contributed by atoms with E-state index in [9.17, 15) is 4.79 Å². The molecule has 0 fully saturated rings. The summed E-state index contributed by atoms with van der Waals surface area (Å²) in [6.07, 6.45) is 0. The Kier molecular flexibility index (Phi) is 3.70. The Morgan fingerprint density at radius 3 is 2.12 bits per heavy atom. The van der Waals surface area contributed by atoms with Crippen molar-refractivity contribution >= 4 is 5.91 Å². The Morgan fingerprint density at radius 1 is 1.25 bits per heavy atom. The minimum atomic E-state index is -0.0420. The summed E-state index contributed by atoms with van der Waals surface area (Å²) in [7, 11) is 3.50. The van der Waals surface area contributed by atoms with Crippen LogP contribution in [0.2, 0.25) is 0 Å². The van der Waals surface area contributed by atoms with E-state index in [4.69, 9.17) is 5.73 Å². The van der Waals surface area contributed by atoms with Crippen LogP contribution in [0.25, 0.3) is 0 Å². The first-order chi connectivity index (χ1) is 7.38. The van der Waals surface area contributed by atoms with E-state index in [0.29, 0.717) is 12.1 Å². The maximum absolute atomic E-state index is 11.7. The zero-order valence-corrected chi connectivity index (χ0v) is 10.4. The van der Waals surface area contributed by atoms with Gasteiger partial charge in [-0.1, -0.05) is 26.0 Å². The Morgan fingerprint density at radius 2 is 1.75 bits per heavy atom. The summed E-state index contributed by atoms with van der Waals surface area (Å²) in [4.78, 5) is 13.2. The van der Waals surface area contributed by atoms with Gasteiger partial charge in [0.1, 0.15) is 0 Å². The summed E-state index contributed by atoms with van der Waals surface area (Å²) in [6, 6.07) is 7.66. The molecule has 0 unspecified atom stereocenters. The lowest BCUT2D eigenvalue weighted by molar-refractivity contribution is 0.0827. The van der Waals surface area contributed by atoms with Gasteiger partial charge in [-0.15, -0.1) is 0 Å². The molecule has 1 amide bonds. The van der Waals surface area contributed by atoms with Crippen LogP contribution in [0.4, 0.5) is 0 Å². The number of nitrogens with two attached hydrogens (primary N) is 1. The Labute approximate surface area is 97.2 Å². The summed E-state index contributed by atoms with van der Waals surface area (Å²) in [6.45, 7) is 4.78. The third-order valence-corrected chi connectivity index (χ3v) is 2.83. The molecule has 0 aromatic heterocycles. The van der Waals surface area contributed by atoms with Crippen LogP contribution >= 0.6 is 0 Å². The van der Waals surface area contributed by atoms with Crippen molar-refractivity contribution in [3.05, 3.63) is 35.4 Å². The summed E-state index contributed by atoms with van der Waals surface area (Å²) in [5, 5.41) is 0. The van der Waals surface area contributed by atoms with Crippen LogP contribution in [-0.2, 0) is 5.41 Å². The van der Waals surface area contributed by atoms with Gasteiger partial charge in [0.25, 0.3) is 5.91 Å². The highest BCUT2D eigenvalue weighted by atomic mass is 16.2. The minimum absolute atomic E-state index is 0.0251. The van der Waals surface area contributed by atoms with Crippen molar-refractivity contribution < 1.29 is 4.79 Å². The largest absolute Gasteiger partial charge is 0.345 e. The van der Waals surface area contributed by atoms with Gasteiger partial charge in [-0.2, -0.15) is 0 Å². The summed E-state index contributed by atoms with van der Waals surface area (Å²) >= 11 is 0. The topological polar surface area (TPSA) is 46.3 Å². The van der Waals surface area contributed by atoms with Crippen molar-refractivity contribution in [1.82, 2.24) is 4.90 Å². The predicted octanol–water partition coefficient (Wildman–Crippen LogP) is 1.62. The van der Waals surface area contributed by atoms with Crippen molar-refractivity contribution in [3.8, 4) is 0 Å². The highest BCUT2D eigenvalue weighted by Gasteiger charge is 2.18. The lowest BCUT2D eigenvalue weighted by atomic mass is 9.84. The van der Waals surface area contributed by atoms with Gasteiger partial charge in [0.2, 0.25) is 0 Å². The van der Waals surface area contributed by atoms with Crippen LogP contribution in [0.5, 0.6) is 0 Å². The molecule has 0 atom stereocenters. The van der Waals surface area contributed by atoms with E-state index >= 15 is 0 Å². The molecular weight excluding hydrogens is 200 g/mol. The fourth-order valence-corrected chi connectivity index (χ4v) is 1.44. The highest BCUT2D eigenvalue weighted by Crippen LogP contribution is 2.22. The number of carbonyl (C=O) groups is 1. The third-order valence-electron chi connectivity index (χ3n) is 2.83.